The van der Waals surface area contributed by atoms with Crippen molar-refractivity contribution in [3.8, 4) is 0 Å². The van der Waals surface area contributed by atoms with Crippen LogP contribution in [0, 0.1) is 0 Å². The predicted octanol–water partition coefficient (Wildman–Crippen LogP) is 0.327. The van der Waals surface area contributed by atoms with Crippen molar-refractivity contribution in [3.63, 3.8) is 0 Å². The van der Waals surface area contributed by atoms with E-state index in [-0.39, 0.29) is 11.7 Å². The highest BCUT2D eigenvalue weighted by Gasteiger charge is 2.20. The van der Waals surface area contributed by atoms with Gasteiger partial charge in [0.15, 0.2) is 0 Å². The molecule has 3 rings (SSSR count). The Kier molecular flexibility index (Phi) is 4.42. The van der Waals surface area contributed by atoms with Crippen LogP contribution >= 0.6 is 0 Å². The van der Waals surface area contributed by atoms with Gasteiger partial charge in [-0.05, 0) is 18.9 Å². The van der Waals surface area contributed by atoms with Crippen molar-refractivity contribution in [1.29, 1.82) is 0 Å². The third-order valence-electron chi connectivity index (χ3n) is 3.63. The molecular formula is C14H19N5O2. The number of hydrogen-bond donors (Lipinski definition) is 2. The molecule has 0 saturated carbocycles. The van der Waals surface area contributed by atoms with Crippen molar-refractivity contribution in [2.45, 2.75) is 25.5 Å². The Morgan fingerprint density at radius 2 is 2.43 bits per heavy atom. The van der Waals surface area contributed by atoms with Crippen molar-refractivity contribution < 1.29 is 4.74 Å². The first-order valence-electron chi connectivity index (χ1n) is 7.15. The molecule has 1 fully saturated rings. The van der Waals surface area contributed by atoms with Crippen LogP contribution in [-0.2, 0) is 17.7 Å². The second-order valence-corrected chi connectivity index (χ2v) is 5.25. The molecule has 0 aromatic carbocycles. The Labute approximate surface area is 122 Å². The van der Waals surface area contributed by atoms with Crippen LogP contribution in [0.5, 0.6) is 0 Å². The average molecular weight is 289 g/mol. The summed E-state index contributed by atoms with van der Waals surface area (Å²) in [7, 11) is 0. The van der Waals surface area contributed by atoms with Gasteiger partial charge in [-0.25, -0.2) is 4.98 Å². The summed E-state index contributed by atoms with van der Waals surface area (Å²) in [5.41, 5.74) is 1.82. The van der Waals surface area contributed by atoms with Gasteiger partial charge in [0.1, 0.15) is 0 Å². The molecule has 3 heterocycles. The van der Waals surface area contributed by atoms with E-state index in [0.29, 0.717) is 0 Å². The first-order valence-corrected chi connectivity index (χ1v) is 7.15. The molecule has 21 heavy (non-hydrogen) atoms. The molecule has 0 bridgehead atoms. The lowest BCUT2D eigenvalue weighted by Crippen LogP contribution is -2.42. The normalized spacial score (nSPS) is 19.7. The van der Waals surface area contributed by atoms with Crippen LogP contribution in [0.4, 0.5) is 0 Å². The van der Waals surface area contributed by atoms with Crippen LogP contribution in [-0.4, -0.2) is 50.9 Å². The van der Waals surface area contributed by atoms with Gasteiger partial charge in [0.2, 0.25) is 0 Å². The zero-order chi connectivity index (χ0) is 14.5. The van der Waals surface area contributed by atoms with Gasteiger partial charge in [-0.2, -0.15) is 5.10 Å². The van der Waals surface area contributed by atoms with Crippen LogP contribution in [0.2, 0.25) is 0 Å². The van der Waals surface area contributed by atoms with E-state index in [4.69, 9.17) is 4.74 Å². The Morgan fingerprint density at radius 3 is 3.24 bits per heavy atom. The van der Waals surface area contributed by atoms with Gasteiger partial charge in [-0.1, -0.05) is 0 Å². The molecule has 112 valence electrons. The zero-order valence-corrected chi connectivity index (χ0v) is 11.8. The highest BCUT2D eigenvalue weighted by molar-refractivity contribution is 5.00. The van der Waals surface area contributed by atoms with E-state index in [9.17, 15) is 4.79 Å². The van der Waals surface area contributed by atoms with Gasteiger partial charge in [-0.3, -0.25) is 14.8 Å². The van der Waals surface area contributed by atoms with E-state index < -0.39 is 0 Å². The van der Waals surface area contributed by atoms with Crippen molar-refractivity contribution in [3.05, 3.63) is 46.4 Å². The lowest BCUT2D eigenvalue weighted by atomic mass is 10.1. The van der Waals surface area contributed by atoms with Crippen LogP contribution < -0.4 is 5.56 Å². The second-order valence-electron chi connectivity index (χ2n) is 5.25. The van der Waals surface area contributed by atoms with E-state index in [0.717, 1.165) is 50.5 Å². The molecule has 1 atom stereocenters. The van der Waals surface area contributed by atoms with E-state index in [2.05, 4.69) is 25.1 Å². The number of rotatable bonds is 5. The highest BCUT2D eigenvalue weighted by atomic mass is 16.5. The number of hydrogen-bond acceptors (Lipinski definition) is 5. The standard InChI is InChI=1S/C14H19N5O2/c20-14-7-11(15-10-16-14)1-2-13-9-19(5-6-21-13)8-12-3-4-17-18-12/h3-4,7,10,13H,1-2,5-6,8-9H2,(H,17,18)(H,15,16,20). The van der Waals surface area contributed by atoms with Crippen LogP contribution in [0.3, 0.4) is 0 Å². The summed E-state index contributed by atoms with van der Waals surface area (Å²) in [4.78, 5) is 20.3. The van der Waals surface area contributed by atoms with E-state index >= 15 is 0 Å². The fraction of sp³-hybridized carbons (Fsp3) is 0.500. The molecule has 0 radical (unpaired) electrons. The third kappa shape index (κ3) is 3.99. The molecule has 7 nitrogen and oxygen atoms in total. The van der Waals surface area contributed by atoms with Gasteiger partial charge in [-0.15, -0.1) is 0 Å². The molecule has 1 unspecified atom stereocenters. The number of ether oxygens (including phenoxy) is 1. The summed E-state index contributed by atoms with van der Waals surface area (Å²) >= 11 is 0. The maximum atomic E-state index is 11.2. The predicted molar refractivity (Wildman–Crippen MR) is 76.8 cm³/mol. The zero-order valence-electron chi connectivity index (χ0n) is 11.8. The molecule has 1 aliphatic rings. The first kappa shape index (κ1) is 14.0. The summed E-state index contributed by atoms with van der Waals surface area (Å²) in [5, 5.41) is 6.95. The smallest absolute Gasteiger partial charge is 0.250 e. The summed E-state index contributed by atoms with van der Waals surface area (Å²) < 4.78 is 5.80. The van der Waals surface area contributed by atoms with Crippen LogP contribution in [0.25, 0.3) is 0 Å². The number of aryl methyl sites for hydroxylation is 1. The monoisotopic (exact) mass is 289 g/mol. The molecule has 0 spiro atoms. The second kappa shape index (κ2) is 6.64. The summed E-state index contributed by atoms with van der Waals surface area (Å²) in [6.07, 6.45) is 5.03. The number of morpholine rings is 1. The van der Waals surface area contributed by atoms with E-state index in [1.807, 2.05) is 6.07 Å². The lowest BCUT2D eigenvalue weighted by Gasteiger charge is -2.32. The largest absolute Gasteiger partial charge is 0.376 e. The minimum absolute atomic E-state index is 0.106. The summed E-state index contributed by atoms with van der Waals surface area (Å²) in [5.74, 6) is 0. The van der Waals surface area contributed by atoms with Crippen molar-refractivity contribution in [2.24, 2.45) is 0 Å². The summed E-state index contributed by atoms with van der Waals surface area (Å²) in [6.45, 7) is 3.42. The van der Waals surface area contributed by atoms with Gasteiger partial charge in [0.25, 0.3) is 5.56 Å². The van der Waals surface area contributed by atoms with Gasteiger partial charge >= 0.3 is 0 Å². The molecule has 7 heteroatoms. The summed E-state index contributed by atoms with van der Waals surface area (Å²) in [6, 6.07) is 3.54. The maximum Gasteiger partial charge on any atom is 0.250 e. The number of aromatic amines is 2. The Hall–Kier alpha value is -1.99. The minimum atomic E-state index is -0.106. The maximum absolute atomic E-state index is 11.2. The number of H-pyrrole nitrogens is 2. The Balaban J connectivity index is 1.50. The fourth-order valence-corrected chi connectivity index (χ4v) is 2.57. The fourth-order valence-electron chi connectivity index (χ4n) is 2.57. The van der Waals surface area contributed by atoms with Crippen molar-refractivity contribution in [2.75, 3.05) is 19.7 Å². The van der Waals surface area contributed by atoms with Crippen LogP contribution in [0.15, 0.2) is 29.5 Å². The van der Waals surface area contributed by atoms with Crippen LogP contribution in [0.1, 0.15) is 17.8 Å². The highest BCUT2D eigenvalue weighted by Crippen LogP contribution is 2.13. The average Bonchev–Trinajstić information content (AvgIpc) is 2.99. The molecule has 1 aliphatic heterocycles. The van der Waals surface area contributed by atoms with Crippen molar-refractivity contribution in [1.82, 2.24) is 25.1 Å². The lowest BCUT2D eigenvalue weighted by molar-refractivity contribution is -0.0350. The molecule has 2 aromatic heterocycles. The molecule has 0 amide bonds. The SMILES string of the molecule is O=c1cc(CCC2CN(Cc3ccn[nH]3)CCO2)nc[nH]1. The molecule has 2 aromatic rings. The Bertz CT molecular complexity index is 610. The third-order valence-corrected chi connectivity index (χ3v) is 3.63. The van der Waals surface area contributed by atoms with Gasteiger partial charge in [0.05, 0.1) is 19.0 Å². The molecule has 0 aliphatic carbocycles. The minimum Gasteiger partial charge on any atom is -0.376 e. The van der Waals surface area contributed by atoms with Crippen molar-refractivity contribution >= 4 is 0 Å². The first-order chi connectivity index (χ1) is 10.3. The topological polar surface area (TPSA) is 86.9 Å². The Morgan fingerprint density at radius 1 is 1.48 bits per heavy atom. The number of nitrogens with one attached hydrogen (secondary N) is 2. The van der Waals surface area contributed by atoms with Gasteiger partial charge in [0, 0.05) is 43.3 Å². The number of aromatic nitrogens is 4. The van der Waals surface area contributed by atoms with E-state index in [1.54, 1.807) is 12.3 Å². The molecule has 2 N–H and O–H groups in total. The molecule has 1 saturated heterocycles. The number of nitrogens with zero attached hydrogens (tertiary/aromatic N) is 3. The molecular weight excluding hydrogens is 270 g/mol. The quantitative estimate of drug-likeness (QED) is 0.828. The van der Waals surface area contributed by atoms with Gasteiger partial charge < -0.3 is 9.72 Å². The van der Waals surface area contributed by atoms with E-state index in [1.165, 1.54) is 6.33 Å².